The molecule has 2 aliphatic rings. The Morgan fingerprint density at radius 3 is 2.79 bits per heavy atom. The van der Waals surface area contributed by atoms with E-state index in [0.717, 1.165) is 85.8 Å². The van der Waals surface area contributed by atoms with Crippen molar-refractivity contribution in [3.8, 4) is 5.75 Å². The summed E-state index contributed by atoms with van der Waals surface area (Å²) in [5, 5.41) is 16.8. The quantitative estimate of drug-likeness (QED) is 0.264. The molecule has 4 aromatic heterocycles. The number of aromatic amines is 1. The molecule has 2 fully saturated rings. The zero-order valence-electron chi connectivity index (χ0n) is 24.2. The SMILES string of the molecule is CCn1ccc(C(c2[nH]nc3cccc(NC(=O)c4cnc5cc(OCCN6CCN(C)CC6)ccn45)c23)C2CC2)n1. The molecule has 1 aliphatic heterocycles. The molecule has 1 saturated carbocycles. The Morgan fingerprint density at radius 2 is 2.00 bits per heavy atom. The summed E-state index contributed by atoms with van der Waals surface area (Å²) in [4.78, 5) is 22.9. The number of nitrogens with one attached hydrogen (secondary N) is 2. The Kier molecular flexibility index (Phi) is 7.12. The summed E-state index contributed by atoms with van der Waals surface area (Å²) in [6, 6.07) is 11.7. The van der Waals surface area contributed by atoms with E-state index >= 15 is 0 Å². The number of hydrogen-bond donors (Lipinski definition) is 2. The van der Waals surface area contributed by atoms with Crippen molar-refractivity contribution in [2.24, 2.45) is 5.92 Å². The van der Waals surface area contributed by atoms with Crippen LogP contribution in [0.1, 0.15) is 47.6 Å². The maximum absolute atomic E-state index is 13.6. The van der Waals surface area contributed by atoms with Crippen LogP contribution in [0.25, 0.3) is 16.6 Å². The van der Waals surface area contributed by atoms with E-state index in [9.17, 15) is 4.79 Å². The Labute approximate surface area is 244 Å². The predicted molar refractivity (Wildman–Crippen MR) is 161 cm³/mol. The normalized spacial score (nSPS) is 17.2. The lowest BCUT2D eigenvalue weighted by Crippen LogP contribution is -2.45. The van der Waals surface area contributed by atoms with Gasteiger partial charge in [0.25, 0.3) is 5.91 Å². The van der Waals surface area contributed by atoms with E-state index in [1.54, 1.807) is 10.6 Å². The van der Waals surface area contributed by atoms with Crippen molar-refractivity contribution < 1.29 is 9.53 Å². The van der Waals surface area contributed by atoms with Gasteiger partial charge in [0.05, 0.1) is 28.8 Å². The molecule has 1 saturated heterocycles. The van der Waals surface area contributed by atoms with Crippen molar-refractivity contribution >= 4 is 28.1 Å². The second kappa shape index (κ2) is 11.2. The minimum atomic E-state index is -0.232. The first-order valence-electron chi connectivity index (χ1n) is 14.9. The molecular formula is C31H37N9O2. The van der Waals surface area contributed by atoms with Crippen LogP contribution in [0.3, 0.4) is 0 Å². The van der Waals surface area contributed by atoms with E-state index in [-0.39, 0.29) is 11.8 Å². The maximum Gasteiger partial charge on any atom is 0.274 e. The number of fused-ring (bicyclic) bond motifs is 2. The van der Waals surface area contributed by atoms with Crippen molar-refractivity contribution in [1.29, 1.82) is 0 Å². The highest BCUT2D eigenvalue weighted by Gasteiger charge is 2.37. The number of carbonyl (C=O) groups is 1. The summed E-state index contributed by atoms with van der Waals surface area (Å²) in [5.74, 6) is 1.13. The van der Waals surface area contributed by atoms with Gasteiger partial charge >= 0.3 is 0 Å². The fourth-order valence-corrected chi connectivity index (χ4v) is 5.97. The van der Waals surface area contributed by atoms with Gasteiger partial charge in [-0.15, -0.1) is 0 Å². The van der Waals surface area contributed by atoms with E-state index in [1.165, 1.54) is 0 Å². The number of carbonyl (C=O) groups excluding carboxylic acids is 1. The van der Waals surface area contributed by atoms with Crippen LogP contribution in [0.2, 0.25) is 0 Å². The number of piperazine rings is 1. The fraction of sp³-hybridized carbons (Fsp3) is 0.419. The van der Waals surface area contributed by atoms with Crippen molar-refractivity contribution in [2.75, 3.05) is 51.7 Å². The zero-order valence-corrected chi connectivity index (χ0v) is 24.2. The Balaban J connectivity index is 1.09. The van der Waals surface area contributed by atoms with Gasteiger partial charge in [-0.25, -0.2) is 4.98 Å². The average Bonchev–Trinajstić information content (AvgIpc) is 3.37. The van der Waals surface area contributed by atoms with Gasteiger partial charge in [0, 0.05) is 69.0 Å². The van der Waals surface area contributed by atoms with Crippen LogP contribution in [0.5, 0.6) is 5.75 Å². The van der Waals surface area contributed by atoms with E-state index in [0.29, 0.717) is 23.9 Å². The molecule has 1 amide bonds. The summed E-state index contributed by atoms with van der Waals surface area (Å²) in [6.07, 6.45) is 7.80. The third-order valence-electron chi connectivity index (χ3n) is 8.55. The first-order valence-corrected chi connectivity index (χ1v) is 14.9. The highest BCUT2D eigenvalue weighted by atomic mass is 16.5. The number of likely N-dealkylation sites (N-methyl/N-ethyl adjacent to an activating group) is 1. The van der Waals surface area contributed by atoms with Crippen LogP contribution in [0, 0.1) is 5.92 Å². The summed E-state index contributed by atoms with van der Waals surface area (Å²) in [5.41, 5.74) is 4.70. The molecule has 218 valence electrons. The minimum Gasteiger partial charge on any atom is -0.492 e. The van der Waals surface area contributed by atoms with Crippen molar-refractivity contribution in [3.05, 3.63) is 72.1 Å². The second-order valence-corrected chi connectivity index (χ2v) is 11.4. The van der Waals surface area contributed by atoms with Gasteiger partial charge in [-0.3, -0.25) is 23.9 Å². The summed E-state index contributed by atoms with van der Waals surface area (Å²) in [7, 11) is 2.16. The lowest BCUT2D eigenvalue weighted by atomic mass is 9.93. The number of H-pyrrole nitrogens is 1. The van der Waals surface area contributed by atoms with Gasteiger partial charge in [0.1, 0.15) is 23.7 Å². The van der Waals surface area contributed by atoms with Crippen LogP contribution >= 0.6 is 0 Å². The van der Waals surface area contributed by atoms with Gasteiger partial charge in [-0.1, -0.05) is 6.07 Å². The van der Waals surface area contributed by atoms with Crippen LogP contribution in [-0.4, -0.2) is 91.4 Å². The first-order chi connectivity index (χ1) is 20.6. The Hall–Kier alpha value is -4.22. The monoisotopic (exact) mass is 567 g/mol. The minimum absolute atomic E-state index is 0.103. The molecule has 0 radical (unpaired) electrons. The number of rotatable bonds is 10. The maximum atomic E-state index is 13.6. The average molecular weight is 568 g/mol. The van der Waals surface area contributed by atoms with Crippen LogP contribution in [0.4, 0.5) is 5.69 Å². The fourth-order valence-electron chi connectivity index (χ4n) is 5.97. The van der Waals surface area contributed by atoms with Gasteiger partial charge in [0.15, 0.2) is 0 Å². The second-order valence-electron chi connectivity index (χ2n) is 11.4. The molecule has 1 atom stereocenters. The first kappa shape index (κ1) is 26.7. The van der Waals surface area contributed by atoms with Crippen molar-refractivity contribution in [1.82, 2.24) is 39.2 Å². The van der Waals surface area contributed by atoms with Crippen LogP contribution in [-0.2, 0) is 6.54 Å². The molecule has 5 heterocycles. The molecule has 5 aromatic rings. The van der Waals surface area contributed by atoms with Gasteiger partial charge < -0.3 is 15.0 Å². The molecule has 1 aromatic carbocycles. The number of imidazole rings is 1. The largest absolute Gasteiger partial charge is 0.492 e. The summed E-state index contributed by atoms with van der Waals surface area (Å²) >= 11 is 0. The third kappa shape index (κ3) is 5.25. The number of anilines is 1. The Morgan fingerprint density at radius 1 is 1.14 bits per heavy atom. The number of pyridine rings is 1. The standard InChI is InChI=1S/C31H37N9O2/c1-3-39-11-10-25(36-39)28(21-7-8-21)30-29-23(5-4-6-24(29)34-35-30)33-31(41)26-20-32-27-19-22(9-12-40(26)27)42-18-17-38-15-13-37(2)14-16-38/h4-6,9-12,19-21,28H,3,7-8,13-18H2,1-2H3,(H,33,41)(H,34,35). The molecule has 0 spiro atoms. The molecule has 2 N–H and O–H groups in total. The number of nitrogens with zero attached hydrogens (tertiary/aromatic N) is 7. The van der Waals surface area contributed by atoms with Crippen molar-refractivity contribution in [3.63, 3.8) is 0 Å². The van der Waals surface area contributed by atoms with Gasteiger partial charge in [0.2, 0.25) is 0 Å². The summed E-state index contributed by atoms with van der Waals surface area (Å²) < 4.78 is 9.78. The van der Waals surface area contributed by atoms with E-state index in [4.69, 9.17) is 9.84 Å². The number of aromatic nitrogens is 6. The molecule has 1 unspecified atom stereocenters. The number of aryl methyl sites for hydroxylation is 1. The van der Waals surface area contributed by atoms with Gasteiger partial charge in [-0.05, 0) is 57.0 Å². The number of amides is 1. The predicted octanol–water partition coefficient (Wildman–Crippen LogP) is 3.85. The highest BCUT2D eigenvalue weighted by Crippen LogP contribution is 2.47. The molecule has 7 rings (SSSR count). The van der Waals surface area contributed by atoms with Gasteiger partial charge in [-0.2, -0.15) is 10.2 Å². The smallest absolute Gasteiger partial charge is 0.274 e. The van der Waals surface area contributed by atoms with Crippen molar-refractivity contribution in [2.45, 2.75) is 32.2 Å². The van der Waals surface area contributed by atoms with Crippen LogP contribution in [0.15, 0.2) is 55.0 Å². The molecular weight excluding hydrogens is 530 g/mol. The third-order valence-corrected chi connectivity index (χ3v) is 8.55. The van der Waals surface area contributed by atoms with Crippen LogP contribution < -0.4 is 10.1 Å². The zero-order chi connectivity index (χ0) is 28.6. The number of hydrogen-bond acceptors (Lipinski definition) is 7. The molecule has 42 heavy (non-hydrogen) atoms. The lowest BCUT2D eigenvalue weighted by Gasteiger charge is -2.32. The molecule has 0 bridgehead atoms. The van der Waals surface area contributed by atoms with E-state index < -0.39 is 0 Å². The molecule has 11 heteroatoms. The Bertz CT molecular complexity index is 1710. The number of ether oxygens (including phenoxy) is 1. The molecule has 1 aliphatic carbocycles. The number of benzene rings is 1. The molecule has 11 nitrogen and oxygen atoms in total. The van der Waals surface area contributed by atoms with E-state index in [2.05, 4.69) is 50.3 Å². The van der Waals surface area contributed by atoms with E-state index in [1.807, 2.05) is 47.4 Å². The lowest BCUT2D eigenvalue weighted by molar-refractivity contribution is 0.102. The highest BCUT2D eigenvalue weighted by molar-refractivity contribution is 6.08. The summed E-state index contributed by atoms with van der Waals surface area (Å²) in [6.45, 7) is 8.74. The topological polar surface area (TPSA) is 109 Å².